The largest absolute Gasteiger partial charge is 0.444 e. The maximum absolute atomic E-state index is 13.7. The number of piperidine rings is 1. The summed E-state index contributed by atoms with van der Waals surface area (Å²) >= 11 is 0. The summed E-state index contributed by atoms with van der Waals surface area (Å²) in [5, 5.41) is 12.6. The molecule has 2 aromatic rings. The van der Waals surface area contributed by atoms with E-state index in [4.69, 9.17) is 19.2 Å². The second-order valence-corrected chi connectivity index (χ2v) is 22.1. The highest BCUT2D eigenvalue weighted by molar-refractivity contribution is 6.76. The quantitative estimate of drug-likeness (QED) is 0.218. The highest BCUT2D eigenvalue weighted by atomic mass is 28.3. The zero-order valence-electron chi connectivity index (χ0n) is 29.9. The number of carbonyl (C=O) groups is 2. The number of morpholine rings is 1. The van der Waals surface area contributed by atoms with Crippen LogP contribution in [0.3, 0.4) is 0 Å². The Labute approximate surface area is 286 Å². The molecule has 0 saturated carbocycles. The number of ether oxygens (including phenoxy) is 3. The number of nitrogens with one attached hydrogen (secondary N) is 1. The lowest BCUT2D eigenvalue weighted by Crippen LogP contribution is -2.59. The van der Waals surface area contributed by atoms with E-state index in [1.807, 2.05) is 43.9 Å². The van der Waals surface area contributed by atoms with Crippen LogP contribution in [0.15, 0.2) is 24.4 Å². The van der Waals surface area contributed by atoms with Crippen LogP contribution in [0.1, 0.15) is 100 Å². The maximum Gasteiger partial charge on any atom is 0.410 e. The van der Waals surface area contributed by atoms with Gasteiger partial charge in [-0.05, 0) is 82.0 Å². The molecule has 2 atom stereocenters. The molecule has 3 aliphatic rings. The second-order valence-electron chi connectivity index (χ2n) is 16.5. The molecule has 5 rings (SSSR count). The maximum atomic E-state index is 13.7. The minimum atomic E-state index is -1.28. The third kappa shape index (κ3) is 8.92. The molecule has 0 radical (unpaired) electrons. The van der Waals surface area contributed by atoms with Crippen molar-refractivity contribution >= 4 is 31.3 Å². The fourth-order valence-corrected chi connectivity index (χ4v) is 7.33. The van der Waals surface area contributed by atoms with Crippen LogP contribution in [0.5, 0.6) is 0 Å². The van der Waals surface area contributed by atoms with Gasteiger partial charge in [-0.1, -0.05) is 39.6 Å². The zero-order chi connectivity index (χ0) is 34.9. The third-order valence-corrected chi connectivity index (χ3v) is 11.0. The van der Waals surface area contributed by atoms with Crippen molar-refractivity contribution in [2.24, 2.45) is 5.41 Å². The molecule has 2 unspecified atom stereocenters. The summed E-state index contributed by atoms with van der Waals surface area (Å²) in [6, 6.07) is 6.77. The molecule has 12 heteroatoms. The lowest BCUT2D eigenvalue weighted by Gasteiger charge is -2.48. The van der Waals surface area contributed by atoms with Gasteiger partial charge in [0.15, 0.2) is 5.69 Å². The number of nitriles is 1. The van der Waals surface area contributed by atoms with Gasteiger partial charge in [0.2, 0.25) is 5.82 Å². The lowest BCUT2D eigenvalue weighted by atomic mass is 9.77. The number of anilines is 1. The average Bonchev–Trinajstić information content (AvgIpc) is 3.41. The van der Waals surface area contributed by atoms with E-state index in [9.17, 15) is 14.9 Å². The SMILES string of the molecule is CC1(C)CC=C(c2nc(C3CC4COCC(C3)N4C(=O)OC(C)(C)C)ccc2NC(=O)c2nc(C#N)cn2COCC[Si](C)(C)C)CC1. The van der Waals surface area contributed by atoms with Crippen LogP contribution in [0.2, 0.25) is 25.7 Å². The molecule has 11 nitrogen and oxygen atoms in total. The molecule has 4 heterocycles. The Bertz CT molecular complexity index is 1570. The average molecular weight is 677 g/mol. The molecule has 2 bridgehead atoms. The van der Waals surface area contributed by atoms with Gasteiger partial charge >= 0.3 is 6.09 Å². The van der Waals surface area contributed by atoms with Crippen LogP contribution in [0.25, 0.3) is 5.57 Å². The Morgan fingerprint density at radius 1 is 1.15 bits per heavy atom. The van der Waals surface area contributed by atoms with E-state index < -0.39 is 19.6 Å². The summed E-state index contributed by atoms with van der Waals surface area (Å²) < 4.78 is 19.1. The fraction of sp³-hybridized carbons (Fsp3) is 0.639. The molecular formula is C36H52N6O5Si. The molecule has 0 aromatic carbocycles. The van der Waals surface area contributed by atoms with Gasteiger partial charge in [0.1, 0.15) is 18.4 Å². The molecule has 2 fully saturated rings. The van der Waals surface area contributed by atoms with Crippen molar-refractivity contribution in [2.45, 2.75) is 123 Å². The molecular weight excluding hydrogens is 625 g/mol. The Morgan fingerprint density at radius 3 is 2.46 bits per heavy atom. The van der Waals surface area contributed by atoms with Crippen molar-refractivity contribution < 1.29 is 23.8 Å². The number of imidazole rings is 1. The van der Waals surface area contributed by atoms with Crippen LogP contribution in [-0.4, -0.2) is 77.0 Å². The number of hydrogen-bond donors (Lipinski definition) is 1. The first-order valence-corrected chi connectivity index (χ1v) is 20.9. The predicted molar refractivity (Wildman–Crippen MR) is 187 cm³/mol. The van der Waals surface area contributed by atoms with Crippen molar-refractivity contribution in [3.05, 3.63) is 47.3 Å². The van der Waals surface area contributed by atoms with Crippen LogP contribution in [0.4, 0.5) is 10.5 Å². The molecule has 260 valence electrons. The van der Waals surface area contributed by atoms with Crippen LogP contribution in [0, 0.1) is 16.7 Å². The topological polar surface area (TPSA) is 132 Å². The third-order valence-electron chi connectivity index (χ3n) is 9.31. The van der Waals surface area contributed by atoms with Crippen LogP contribution >= 0.6 is 0 Å². The van der Waals surface area contributed by atoms with Crippen molar-refractivity contribution in [1.82, 2.24) is 19.4 Å². The first-order valence-electron chi connectivity index (χ1n) is 17.2. The fourth-order valence-electron chi connectivity index (χ4n) is 6.58. The number of rotatable bonds is 9. The number of pyridine rings is 1. The molecule has 2 saturated heterocycles. The number of aromatic nitrogens is 3. The van der Waals surface area contributed by atoms with E-state index in [2.05, 4.69) is 49.9 Å². The van der Waals surface area contributed by atoms with Crippen LogP contribution < -0.4 is 5.32 Å². The Hall–Kier alpha value is -3.53. The van der Waals surface area contributed by atoms with Gasteiger partial charge in [0.25, 0.3) is 5.91 Å². The summed E-state index contributed by atoms with van der Waals surface area (Å²) in [6.45, 7) is 18.7. The van der Waals surface area contributed by atoms with Gasteiger partial charge in [-0.15, -0.1) is 0 Å². The van der Waals surface area contributed by atoms with E-state index in [1.54, 1.807) is 10.8 Å². The van der Waals surface area contributed by atoms with Gasteiger partial charge < -0.3 is 24.1 Å². The molecule has 2 amide bonds. The second kappa shape index (κ2) is 14.1. The van der Waals surface area contributed by atoms with E-state index in [-0.39, 0.29) is 47.8 Å². The number of amides is 2. The monoisotopic (exact) mass is 676 g/mol. The highest BCUT2D eigenvalue weighted by Gasteiger charge is 2.44. The van der Waals surface area contributed by atoms with E-state index in [0.717, 1.165) is 42.3 Å². The standard InChI is InChI=1S/C36H52N6O5Si/c1-35(2,3)47-34(44)42-27-17-25(18-28(42)22-46-21-27)29-9-10-30(31(39-29)24-11-13-36(4,5)14-12-24)40-33(43)32-38-26(19-37)20-41(32)23-45-15-16-48(6,7)8/h9-11,20,25,27-28H,12-18,21-23H2,1-8H3,(H,40,43). The first-order chi connectivity index (χ1) is 22.5. The Balaban J connectivity index is 1.40. The minimum Gasteiger partial charge on any atom is -0.444 e. The van der Waals surface area contributed by atoms with Crippen molar-refractivity contribution in [2.75, 3.05) is 25.1 Å². The first kappa shape index (κ1) is 35.8. The number of hydrogen-bond acceptors (Lipinski definition) is 8. The van der Waals surface area contributed by atoms with Gasteiger partial charge in [-0.25, -0.2) is 9.78 Å². The summed E-state index contributed by atoms with van der Waals surface area (Å²) in [7, 11) is -1.28. The molecule has 1 aliphatic carbocycles. The molecule has 2 aliphatic heterocycles. The normalized spacial score (nSPS) is 22.4. The summed E-state index contributed by atoms with van der Waals surface area (Å²) in [6.07, 6.45) is 7.72. The summed E-state index contributed by atoms with van der Waals surface area (Å²) in [5.41, 5.74) is 3.21. The van der Waals surface area contributed by atoms with Crippen LogP contribution in [-0.2, 0) is 20.9 Å². The minimum absolute atomic E-state index is 0.0992. The number of nitrogens with zero attached hydrogens (tertiary/aromatic N) is 5. The van der Waals surface area contributed by atoms with E-state index in [1.165, 1.54) is 0 Å². The van der Waals surface area contributed by atoms with Crippen molar-refractivity contribution in [3.8, 4) is 6.07 Å². The predicted octanol–water partition coefficient (Wildman–Crippen LogP) is 7.19. The Kier molecular flexibility index (Phi) is 10.5. The van der Waals surface area contributed by atoms with E-state index in [0.29, 0.717) is 38.3 Å². The van der Waals surface area contributed by atoms with Crippen molar-refractivity contribution in [3.63, 3.8) is 0 Å². The van der Waals surface area contributed by atoms with Gasteiger partial charge in [0.05, 0.1) is 36.7 Å². The highest BCUT2D eigenvalue weighted by Crippen LogP contribution is 2.42. The molecule has 0 spiro atoms. The Morgan fingerprint density at radius 2 is 1.85 bits per heavy atom. The van der Waals surface area contributed by atoms with Crippen molar-refractivity contribution in [1.29, 1.82) is 5.26 Å². The summed E-state index contributed by atoms with van der Waals surface area (Å²) in [5.74, 6) is -0.178. The number of carbonyl (C=O) groups excluding carboxylic acids is 2. The van der Waals surface area contributed by atoms with Gasteiger partial charge in [-0.3, -0.25) is 14.7 Å². The molecule has 1 N–H and O–H groups in total. The van der Waals surface area contributed by atoms with Gasteiger partial charge in [-0.2, -0.15) is 5.26 Å². The number of fused-ring (bicyclic) bond motifs is 2. The molecule has 2 aromatic heterocycles. The zero-order valence-corrected chi connectivity index (χ0v) is 30.9. The summed E-state index contributed by atoms with van der Waals surface area (Å²) in [4.78, 5) is 38.3. The molecule has 48 heavy (non-hydrogen) atoms. The van der Waals surface area contributed by atoms with Gasteiger partial charge in [0, 0.05) is 32.5 Å². The smallest absolute Gasteiger partial charge is 0.410 e. The van der Waals surface area contributed by atoms with E-state index >= 15 is 0 Å². The lowest BCUT2D eigenvalue weighted by molar-refractivity contribution is -0.0827. The number of allylic oxidation sites excluding steroid dienone is 2.